The number of benzene rings is 2. The van der Waals surface area contributed by atoms with Crippen LogP contribution in [0.1, 0.15) is 40.2 Å². The van der Waals surface area contributed by atoms with Gasteiger partial charge in [0.15, 0.2) is 0 Å². The summed E-state index contributed by atoms with van der Waals surface area (Å²) in [6, 6.07) is 13.5. The van der Waals surface area contributed by atoms with E-state index in [0.29, 0.717) is 12.1 Å². The number of halogens is 1. The maximum Gasteiger partial charge on any atom is 0.251 e. The Morgan fingerprint density at radius 1 is 1.16 bits per heavy atom. The SMILES string of the molecule is O=C1NCC(C(=O)N2CCCCc3cc(Br)ccc32)c2ccccc21. The molecule has 0 aromatic heterocycles. The monoisotopic (exact) mass is 398 g/mol. The first-order valence-corrected chi connectivity index (χ1v) is 9.41. The van der Waals surface area contributed by atoms with E-state index >= 15 is 0 Å². The molecule has 0 aliphatic carbocycles. The number of rotatable bonds is 1. The first-order valence-electron chi connectivity index (χ1n) is 8.62. The summed E-state index contributed by atoms with van der Waals surface area (Å²) in [4.78, 5) is 27.4. The van der Waals surface area contributed by atoms with Crippen LogP contribution in [0.25, 0.3) is 0 Å². The lowest BCUT2D eigenvalue weighted by Gasteiger charge is -2.31. The largest absolute Gasteiger partial charge is 0.351 e. The van der Waals surface area contributed by atoms with Crippen LogP contribution in [-0.2, 0) is 11.2 Å². The molecule has 4 rings (SSSR count). The minimum atomic E-state index is -0.330. The number of hydrogen-bond acceptors (Lipinski definition) is 2. The fourth-order valence-electron chi connectivity index (χ4n) is 3.77. The third-order valence-electron chi connectivity index (χ3n) is 5.02. The van der Waals surface area contributed by atoms with Crippen LogP contribution in [0.3, 0.4) is 0 Å². The molecule has 2 aliphatic heterocycles. The molecule has 4 nitrogen and oxygen atoms in total. The van der Waals surface area contributed by atoms with Crippen molar-refractivity contribution in [3.8, 4) is 0 Å². The normalized spacial score (nSPS) is 19.5. The summed E-state index contributed by atoms with van der Waals surface area (Å²) < 4.78 is 1.04. The Kier molecular flexibility index (Phi) is 4.34. The minimum absolute atomic E-state index is 0.0675. The van der Waals surface area contributed by atoms with Gasteiger partial charge in [0.1, 0.15) is 0 Å². The second-order valence-electron chi connectivity index (χ2n) is 6.57. The van der Waals surface area contributed by atoms with E-state index in [1.807, 2.05) is 35.2 Å². The smallest absolute Gasteiger partial charge is 0.251 e. The van der Waals surface area contributed by atoms with Crippen LogP contribution in [-0.4, -0.2) is 24.9 Å². The van der Waals surface area contributed by atoms with Crippen LogP contribution in [0, 0.1) is 0 Å². The summed E-state index contributed by atoms with van der Waals surface area (Å²) in [5, 5.41) is 2.86. The van der Waals surface area contributed by atoms with Gasteiger partial charge in [-0.15, -0.1) is 0 Å². The molecule has 5 heteroatoms. The van der Waals surface area contributed by atoms with Gasteiger partial charge in [0.05, 0.1) is 5.92 Å². The number of anilines is 1. The predicted octanol–water partition coefficient (Wildman–Crippen LogP) is 3.65. The predicted molar refractivity (Wildman–Crippen MR) is 101 cm³/mol. The molecule has 2 aliphatic rings. The average Bonchev–Trinajstić information content (AvgIpc) is 2.83. The van der Waals surface area contributed by atoms with Crippen LogP contribution in [0.2, 0.25) is 0 Å². The van der Waals surface area contributed by atoms with Crippen molar-refractivity contribution < 1.29 is 9.59 Å². The molecule has 0 radical (unpaired) electrons. The topological polar surface area (TPSA) is 49.4 Å². The Labute approximate surface area is 155 Å². The summed E-state index contributed by atoms with van der Waals surface area (Å²) in [7, 11) is 0. The van der Waals surface area contributed by atoms with Crippen LogP contribution in [0.15, 0.2) is 46.9 Å². The summed E-state index contributed by atoms with van der Waals surface area (Å²) >= 11 is 3.53. The van der Waals surface area contributed by atoms with E-state index in [9.17, 15) is 9.59 Å². The molecule has 0 saturated heterocycles. The van der Waals surface area contributed by atoms with E-state index in [4.69, 9.17) is 0 Å². The standard InChI is InChI=1S/C20H19BrN2O2/c21-14-8-9-18-13(11-14)5-3-4-10-23(18)20(25)17-12-22-19(24)16-7-2-1-6-15(16)17/h1-2,6-9,11,17H,3-5,10,12H2,(H,22,24). The highest BCUT2D eigenvalue weighted by Crippen LogP contribution is 2.33. The molecule has 25 heavy (non-hydrogen) atoms. The number of aryl methyl sites for hydroxylation is 1. The van der Waals surface area contributed by atoms with Gasteiger partial charge in [-0.25, -0.2) is 0 Å². The van der Waals surface area contributed by atoms with Gasteiger partial charge in [-0.3, -0.25) is 9.59 Å². The Balaban J connectivity index is 1.73. The first-order chi connectivity index (χ1) is 12.1. The second kappa shape index (κ2) is 6.64. The highest BCUT2D eigenvalue weighted by molar-refractivity contribution is 9.10. The van der Waals surface area contributed by atoms with E-state index in [-0.39, 0.29) is 17.7 Å². The molecular formula is C20H19BrN2O2. The van der Waals surface area contributed by atoms with Crippen molar-refractivity contribution in [3.05, 3.63) is 63.6 Å². The molecule has 0 saturated carbocycles. The van der Waals surface area contributed by atoms with Crippen molar-refractivity contribution in [2.45, 2.75) is 25.2 Å². The van der Waals surface area contributed by atoms with Crippen LogP contribution in [0.4, 0.5) is 5.69 Å². The van der Waals surface area contributed by atoms with E-state index in [2.05, 4.69) is 27.3 Å². The van der Waals surface area contributed by atoms with Crippen molar-refractivity contribution in [2.75, 3.05) is 18.0 Å². The third kappa shape index (κ3) is 2.97. The highest BCUT2D eigenvalue weighted by Gasteiger charge is 2.34. The van der Waals surface area contributed by atoms with Crippen molar-refractivity contribution in [1.82, 2.24) is 5.32 Å². The average molecular weight is 399 g/mol. The van der Waals surface area contributed by atoms with Crippen LogP contribution < -0.4 is 10.2 Å². The molecule has 1 unspecified atom stereocenters. The summed E-state index contributed by atoms with van der Waals surface area (Å²) in [5.41, 5.74) is 3.64. The Bertz CT molecular complexity index is 849. The molecule has 0 spiro atoms. The lowest BCUT2D eigenvalue weighted by Crippen LogP contribution is -2.44. The van der Waals surface area contributed by atoms with Crippen LogP contribution in [0.5, 0.6) is 0 Å². The molecule has 1 atom stereocenters. The second-order valence-corrected chi connectivity index (χ2v) is 7.49. The molecule has 128 valence electrons. The number of nitrogens with one attached hydrogen (secondary N) is 1. The van der Waals surface area contributed by atoms with Gasteiger partial charge in [0.25, 0.3) is 5.91 Å². The van der Waals surface area contributed by atoms with Crippen molar-refractivity contribution in [3.63, 3.8) is 0 Å². The van der Waals surface area contributed by atoms with Gasteiger partial charge < -0.3 is 10.2 Å². The van der Waals surface area contributed by atoms with Gasteiger partial charge in [0, 0.05) is 28.8 Å². The van der Waals surface area contributed by atoms with Crippen LogP contribution >= 0.6 is 15.9 Å². The zero-order valence-corrected chi connectivity index (χ0v) is 15.4. The highest BCUT2D eigenvalue weighted by atomic mass is 79.9. The van der Waals surface area contributed by atoms with Gasteiger partial charge in [0.2, 0.25) is 5.91 Å². The molecule has 0 fully saturated rings. The maximum atomic E-state index is 13.4. The molecule has 2 aromatic rings. The fourth-order valence-corrected chi connectivity index (χ4v) is 4.18. The molecule has 1 N–H and O–H groups in total. The van der Waals surface area contributed by atoms with Gasteiger partial charge in [-0.05, 0) is 54.7 Å². The molecule has 2 aromatic carbocycles. The lowest BCUT2D eigenvalue weighted by atomic mass is 9.89. The van der Waals surface area contributed by atoms with Crippen molar-refractivity contribution in [1.29, 1.82) is 0 Å². The van der Waals surface area contributed by atoms with Gasteiger partial charge in [-0.2, -0.15) is 0 Å². The Morgan fingerprint density at radius 3 is 2.88 bits per heavy atom. The van der Waals surface area contributed by atoms with E-state index < -0.39 is 0 Å². The molecule has 2 amide bonds. The molecule has 0 bridgehead atoms. The van der Waals surface area contributed by atoms with E-state index in [1.54, 1.807) is 6.07 Å². The van der Waals surface area contributed by atoms with E-state index in [1.165, 1.54) is 5.56 Å². The summed E-state index contributed by atoms with van der Waals surface area (Å²) in [6.07, 6.45) is 3.04. The summed E-state index contributed by atoms with van der Waals surface area (Å²) in [6.45, 7) is 1.08. The number of nitrogens with zero attached hydrogens (tertiary/aromatic N) is 1. The Morgan fingerprint density at radius 2 is 2.00 bits per heavy atom. The van der Waals surface area contributed by atoms with Gasteiger partial charge in [-0.1, -0.05) is 34.1 Å². The molecular weight excluding hydrogens is 380 g/mol. The number of carbonyl (C=O) groups is 2. The zero-order chi connectivity index (χ0) is 17.4. The molecule has 2 heterocycles. The lowest BCUT2D eigenvalue weighted by molar-refractivity contribution is -0.120. The minimum Gasteiger partial charge on any atom is -0.351 e. The quantitative estimate of drug-likeness (QED) is 0.796. The van der Waals surface area contributed by atoms with E-state index in [0.717, 1.165) is 41.5 Å². The number of amides is 2. The maximum absolute atomic E-state index is 13.4. The fraction of sp³-hybridized carbons (Fsp3) is 0.300. The number of hydrogen-bond donors (Lipinski definition) is 1. The van der Waals surface area contributed by atoms with Crippen molar-refractivity contribution in [2.24, 2.45) is 0 Å². The number of carbonyl (C=O) groups excluding carboxylic acids is 2. The summed E-state index contributed by atoms with van der Waals surface area (Å²) in [5.74, 6) is -0.360. The zero-order valence-electron chi connectivity index (χ0n) is 13.8. The van der Waals surface area contributed by atoms with Gasteiger partial charge >= 0.3 is 0 Å². The first kappa shape index (κ1) is 16.3. The Hall–Kier alpha value is -2.14. The van der Waals surface area contributed by atoms with Crippen molar-refractivity contribution >= 4 is 33.4 Å². The third-order valence-corrected chi connectivity index (χ3v) is 5.52. The number of fused-ring (bicyclic) bond motifs is 2.